The highest BCUT2D eigenvalue weighted by Crippen LogP contribution is 2.27. The maximum absolute atomic E-state index is 12.7. The Labute approximate surface area is 134 Å². The minimum atomic E-state index is -0.542. The number of nitrogens with two attached hydrogens (primary N) is 2. The molecule has 118 valence electrons. The van der Waals surface area contributed by atoms with Crippen LogP contribution in [-0.2, 0) is 0 Å². The fourth-order valence-corrected chi connectivity index (χ4v) is 3.04. The molecule has 23 heavy (non-hydrogen) atoms. The fourth-order valence-electron chi connectivity index (χ4n) is 3.04. The highest BCUT2D eigenvalue weighted by molar-refractivity contribution is 5.99. The molecule has 3 rings (SSSR count). The summed E-state index contributed by atoms with van der Waals surface area (Å²) in [6.07, 6.45) is 0. The molecule has 0 spiro atoms. The van der Waals surface area contributed by atoms with Crippen molar-refractivity contribution in [3.05, 3.63) is 71.3 Å². The summed E-state index contributed by atoms with van der Waals surface area (Å²) in [7, 11) is 0. The quantitative estimate of drug-likeness (QED) is 0.897. The molecule has 4 N–H and O–H groups in total. The molecule has 0 bridgehead atoms. The molecule has 2 atom stereocenters. The number of amides is 2. The van der Waals surface area contributed by atoms with Crippen LogP contribution in [0.25, 0.3) is 0 Å². The molecule has 2 aromatic carbocycles. The zero-order valence-electron chi connectivity index (χ0n) is 12.7. The van der Waals surface area contributed by atoms with Crippen LogP contribution >= 0.6 is 0 Å². The number of hydrogen-bond acceptors (Lipinski definition) is 3. The van der Waals surface area contributed by atoms with E-state index in [2.05, 4.69) is 0 Å². The molecule has 0 unspecified atom stereocenters. The Morgan fingerprint density at radius 2 is 1.65 bits per heavy atom. The number of benzene rings is 2. The molecular weight excluding hydrogens is 290 g/mol. The molecule has 5 nitrogen and oxygen atoms in total. The normalized spacial score (nSPS) is 20.5. The van der Waals surface area contributed by atoms with E-state index in [1.165, 1.54) is 6.07 Å². The van der Waals surface area contributed by atoms with Crippen LogP contribution in [0.2, 0.25) is 0 Å². The summed E-state index contributed by atoms with van der Waals surface area (Å²) in [4.78, 5) is 25.7. The van der Waals surface area contributed by atoms with E-state index in [1.807, 2.05) is 30.3 Å². The van der Waals surface area contributed by atoms with Gasteiger partial charge < -0.3 is 16.4 Å². The second kappa shape index (κ2) is 6.22. The number of hydrogen-bond donors (Lipinski definition) is 2. The van der Waals surface area contributed by atoms with Crippen LogP contribution in [0.5, 0.6) is 0 Å². The molecule has 1 saturated heterocycles. The lowest BCUT2D eigenvalue weighted by molar-refractivity contribution is 0.0789. The van der Waals surface area contributed by atoms with Crippen molar-refractivity contribution in [3.63, 3.8) is 0 Å². The van der Waals surface area contributed by atoms with Crippen molar-refractivity contribution in [2.75, 3.05) is 13.1 Å². The molecule has 1 aliphatic heterocycles. The van der Waals surface area contributed by atoms with Gasteiger partial charge in [-0.2, -0.15) is 0 Å². The summed E-state index contributed by atoms with van der Waals surface area (Å²) in [5.74, 6) is -0.540. The van der Waals surface area contributed by atoms with Gasteiger partial charge in [-0.25, -0.2) is 0 Å². The second-order valence-corrected chi connectivity index (χ2v) is 5.84. The summed E-state index contributed by atoms with van der Waals surface area (Å²) in [5, 5.41) is 0. The van der Waals surface area contributed by atoms with Gasteiger partial charge in [-0.1, -0.05) is 36.4 Å². The second-order valence-electron chi connectivity index (χ2n) is 5.84. The van der Waals surface area contributed by atoms with Crippen LogP contribution in [0, 0.1) is 0 Å². The van der Waals surface area contributed by atoms with Crippen molar-refractivity contribution < 1.29 is 9.59 Å². The first-order valence-corrected chi connectivity index (χ1v) is 7.56. The Kier molecular flexibility index (Phi) is 4.12. The van der Waals surface area contributed by atoms with Crippen molar-refractivity contribution in [1.82, 2.24) is 4.90 Å². The first kappa shape index (κ1) is 15.2. The van der Waals surface area contributed by atoms with Gasteiger partial charge in [-0.15, -0.1) is 0 Å². The molecule has 0 aliphatic carbocycles. The first-order valence-electron chi connectivity index (χ1n) is 7.56. The van der Waals surface area contributed by atoms with Crippen LogP contribution in [0.1, 0.15) is 32.2 Å². The third kappa shape index (κ3) is 3.10. The Bertz CT molecular complexity index is 730. The summed E-state index contributed by atoms with van der Waals surface area (Å²) in [5.41, 5.74) is 13.4. The van der Waals surface area contributed by atoms with Gasteiger partial charge in [0.1, 0.15) is 0 Å². The lowest BCUT2D eigenvalue weighted by Crippen LogP contribution is -2.32. The average molecular weight is 309 g/mol. The predicted octanol–water partition coefficient (Wildman–Crippen LogP) is 1.35. The average Bonchev–Trinajstić information content (AvgIpc) is 2.97. The summed E-state index contributed by atoms with van der Waals surface area (Å²) < 4.78 is 0. The van der Waals surface area contributed by atoms with Crippen molar-refractivity contribution in [1.29, 1.82) is 0 Å². The van der Waals surface area contributed by atoms with E-state index in [9.17, 15) is 9.59 Å². The lowest BCUT2D eigenvalue weighted by atomic mass is 9.95. The van der Waals surface area contributed by atoms with Crippen LogP contribution in [-0.4, -0.2) is 35.8 Å². The molecule has 0 saturated carbocycles. The number of nitrogens with zero attached hydrogens (tertiary/aromatic N) is 1. The SMILES string of the molecule is NC(=O)c1cccc(C(=O)N2C[C@@H](N)[C@H](c3ccccc3)C2)c1. The van der Waals surface area contributed by atoms with Crippen LogP contribution in [0.3, 0.4) is 0 Å². The van der Waals surface area contributed by atoms with Crippen LogP contribution in [0.15, 0.2) is 54.6 Å². The van der Waals surface area contributed by atoms with Crippen molar-refractivity contribution in [2.45, 2.75) is 12.0 Å². The Balaban J connectivity index is 1.79. The summed E-state index contributed by atoms with van der Waals surface area (Å²) in [6.45, 7) is 1.07. The van der Waals surface area contributed by atoms with Gasteiger partial charge >= 0.3 is 0 Å². The largest absolute Gasteiger partial charge is 0.366 e. The van der Waals surface area contributed by atoms with Crippen molar-refractivity contribution >= 4 is 11.8 Å². The molecule has 0 radical (unpaired) electrons. The number of likely N-dealkylation sites (tertiary alicyclic amines) is 1. The van der Waals surface area contributed by atoms with Gasteiger partial charge in [0.05, 0.1) is 0 Å². The molecule has 1 aliphatic rings. The van der Waals surface area contributed by atoms with Gasteiger partial charge in [0, 0.05) is 36.2 Å². The van der Waals surface area contributed by atoms with Gasteiger partial charge in [0.25, 0.3) is 5.91 Å². The molecule has 5 heteroatoms. The number of carbonyl (C=O) groups is 2. The Hall–Kier alpha value is -2.66. The van der Waals surface area contributed by atoms with Gasteiger partial charge in [0.15, 0.2) is 0 Å². The van der Waals surface area contributed by atoms with Crippen LogP contribution < -0.4 is 11.5 Å². The van der Waals surface area contributed by atoms with E-state index in [0.717, 1.165) is 5.56 Å². The van der Waals surface area contributed by atoms with Crippen molar-refractivity contribution in [3.8, 4) is 0 Å². The number of primary amides is 1. The lowest BCUT2D eigenvalue weighted by Gasteiger charge is -2.17. The van der Waals surface area contributed by atoms with Gasteiger partial charge in [0.2, 0.25) is 5.91 Å². The Morgan fingerprint density at radius 1 is 0.957 bits per heavy atom. The molecule has 2 amide bonds. The summed E-state index contributed by atoms with van der Waals surface area (Å²) >= 11 is 0. The zero-order valence-corrected chi connectivity index (χ0v) is 12.7. The Morgan fingerprint density at radius 3 is 2.35 bits per heavy atom. The standard InChI is InChI=1S/C18H19N3O2/c19-16-11-21(10-15(16)12-5-2-1-3-6-12)18(23)14-8-4-7-13(9-14)17(20)22/h1-9,15-16H,10-11,19H2,(H2,20,22)/t15-,16+/m0/s1. The zero-order chi connectivity index (χ0) is 16.4. The van der Waals surface area contributed by atoms with Crippen LogP contribution in [0.4, 0.5) is 0 Å². The fraction of sp³-hybridized carbons (Fsp3) is 0.222. The van der Waals surface area contributed by atoms with E-state index in [1.54, 1.807) is 23.1 Å². The summed E-state index contributed by atoms with van der Waals surface area (Å²) in [6, 6.07) is 16.4. The first-order chi connectivity index (χ1) is 11.1. The minimum absolute atomic E-state index is 0.0966. The highest BCUT2D eigenvalue weighted by atomic mass is 16.2. The third-order valence-electron chi connectivity index (χ3n) is 4.27. The van der Waals surface area contributed by atoms with E-state index in [-0.39, 0.29) is 17.9 Å². The van der Waals surface area contributed by atoms with Gasteiger partial charge in [-0.05, 0) is 23.8 Å². The van der Waals surface area contributed by atoms with Crippen molar-refractivity contribution in [2.24, 2.45) is 11.5 Å². The van der Waals surface area contributed by atoms with E-state index in [4.69, 9.17) is 11.5 Å². The highest BCUT2D eigenvalue weighted by Gasteiger charge is 2.34. The topological polar surface area (TPSA) is 89.4 Å². The predicted molar refractivity (Wildman–Crippen MR) is 88.0 cm³/mol. The molecule has 1 fully saturated rings. The maximum Gasteiger partial charge on any atom is 0.253 e. The smallest absolute Gasteiger partial charge is 0.253 e. The third-order valence-corrected chi connectivity index (χ3v) is 4.27. The monoisotopic (exact) mass is 309 g/mol. The van der Waals surface area contributed by atoms with E-state index in [0.29, 0.717) is 24.2 Å². The van der Waals surface area contributed by atoms with Gasteiger partial charge in [-0.3, -0.25) is 9.59 Å². The number of rotatable bonds is 3. The van der Waals surface area contributed by atoms with E-state index < -0.39 is 5.91 Å². The molecular formula is C18H19N3O2. The van der Waals surface area contributed by atoms with E-state index >= 15 is 0 Å². The number of carbonyl (C=O) groups excluding carboxylic acids is 2. The minimum Gasteiger partial charge on any atom is -0.366 e. The molecule has 2 aromatic rings. The molecule has 0 aromatic heterocycles. The molecule has 1 heterocycles. The maximum atomic E-state index is 12.7.